The van der Waals surface area contributed by atoms with E-state index in [1.54, 1.807) is 6.20 Å². The highest BCUT2D eigenvalue weighted by atomic mass is 16.5. The summed E-state index contributed by atoms with van der Waals surface area (Å²) in [7, 11) is 0. The number of aryl methyl sites for hydroxylation is 1. The number of aromatic amines is 1. The molecule has 0 unspecified atom stereocenters. The monoisotopic (exact) mass is 417 g/mol. The molecule has 0 aliphatic heterocycles. The average molecular weight is 418 g/mol. The molecule has 0 saturated heterocycles. The summed E-state index contributed by atoms with van der Waals surface area (Å²) in [5.41, 5.74) is 2.95. The van der Waals surface area contributed by atoms with Crippen LogP contribution in [0.15, 0.2) is 42.6 Å². The van der Waals surface area contributed by atoms with E-state index in [-0.39, 0.29) is 12.1 Å². The number of hydrogen-bond donors (Lipinski definition) is 3. The molecule has 3 aromatic rings. The van der Waals surface area contributed by atoms with Gasteiger partial charge in [-0.05, 0) is 38.3 Å². The number of aromatic nitrogens is 4. The van der Waals surface area contributed by atoms with Gasteiger partial charge in [0.05, 0.1) is 17.0 Å². The topological polar surface area (TPSA) is 112 Å². The minimum absolute atomic E-state index is 0.0478. The van der Waals surface area contributed by atoms with Crippen molar-refractivity contribution in [3.8, 4) is 11.9 Å². The van der Waals surface area contributed by atoms with E-state index in [9.17, 15) is 0 Å². The molecule has 4 rings (SSSR count). The summed E-state index contributed by atoms with van der Waals surface area (Å²) in [6, 6.07) is 10.1. The second-order valence-corrected chi connectivity index (χ2v) is 7.97. The Balaban J connectivity index is 1.58. The molecule has 1 fully saturated rings. The molecule has 3 aromatic heterocycles. The lowest BCUT2D eigenvalue weighted by molar-refractivity contribution is 0.176. The quantitative estimate of drug-likeness (QED) is 0.301. The Morgan fingerprint density at radius 3 is 3.06 bits per heavy atom. The highest BCUT2D eigenvalue weighted by molar-refractivity contribution is 5.86. The molecule has 8 heteroatoms. The summed E-state index contributed by atoms with van der Waals surface area (Å²) >= 11 is 0. The van der Waals surface area contributed by atoms with Gasteiger partial charge in [0.2, 0.25) is 5.88 Å². The average Bonchev–Trinajstić information content (AvgIpc) is 3.07. The number of H-pyrrole nitrogens is 1. The van der Waals surface area contributed by atoms with Crippen LogP contribution in [0.1, 0.15) is 37.8 Å². The maximum atomic E-state index is 8.82. The fraction of sp³-hybridized carbons (Fsp3) is 0.391. The standard InChI is InChI=1S/C23H27N7O/c1-15-6-7-17(25-10-4-8-24)13-18(11-15)31-23-19-5-3-9-26-20(19)14-21(28-23)27-22-12-16(2)29-30-22/h3,5,9,12,14,17-18,25H,1,4,6-7,10-11,13H2,2H3,(H2,27,28,29,30)/t17-,18+/m1/s1. The fourth-order valence-electron chi connectivity index (χ4n) is 3.90. The second kappa shape index (κ2) is 9.58. The van der Waals surface area contributed by atoms with Crippen molar-refractivity contribution in [3.05, 3.63) is 48.3 Å². The first-order valence-electron chi connectivity index (χ1n) is 10.6. The van der Waals surface area contributed by atoms with Crippen molar-refractivity contribution < 1.29 is 4.74 Å². The van der Waals surface area contributed by atoms with E-state index in [4.69, 9.17) is 15.0 Å². The van der Waals surface area contributed by atoms with Crippen molar-refractivity contribution in [1.82, 2.24) is 25.5 Å². The van der Waals surface area contributed by atoms with Crippen LogP contribution in [-0.4, -0.2) is 38.9 Å². The minimum atomic E-state index is -0.0478. The van der Waals surface area contributed by atoms with E-state index >= 15 is 0 Å². The van der Waals surface area contributed by atoms with Gasteiger partial charge in [0.1, 0.15) is 11.9 Å². The number of rotatable bonds is 7. The predicted molar refractivity (Wildman–Crippen MR) is 120 cm³/mol. The van der Waals surface area contributed by atoms with Gasteiger partial charge >= 0.3 is 0 Å². The van der Waals surface area contributed by atoms with Gasteiger partial charge in [0.15, 0.2) is 5.82 Å². The number of anilines is 2. The van der Waals surface area contributed by atoms with E-state index < -0.39 is 0 Å². The van der Waals surface area contributed by atoms with E-state index in [0.717, 1.165) is 42.3 Å². The van der Waals surface area contributed by atoms with Gasteiger partial charge in [0.25, 0.3) is 0 Å². The van der Waals surface area contributed by atoms with Crippen molar-refractivity contribution in [3.63, 3.8) is 0 Å². The number of nitrogens with one attached hydrogen (secondary N) is 3. The lowest BCUT2D eigenvalue weighted by Crippen LogP contribution is -2.33. The van der Waals surface area contributed by atoms with Crippen molar-refractivity contribution in [1.29, 1.82) is 5.26 Å². The zero-order valence-electron chi connectivity index (χ0n) is 17.7. The summed E-state index contributed by atoms with van der Waals surface area (Å²) in [4.78, 5) is 9.23. The minimum Gasteiger partial charge on any atom is -0.473 e. The Bertz CT molecular complexity index is 1100. The van der Waals surface area contributed by atoms with Crippen LogP contribution in [0.3, 0.4) is 0 Å². The summed E-state index contributed by atoms with van der Waals surface area (Å²) in [5, 5.41) is 23.5. The molecule has 8 nitrogen and oxygen atoms in total. The van der Waals surface area contributed by atoms with Gasteiger partial charge < -0.3 is 15.4 Å². The summed E-state index contributed by atoms with van der Waals surface area (Å²) in [6.45, 7) is 6.85. The molecule has 0 aromatic carbocycles. The zero-order valence-corrected chi connectivity index (χ0v) is 17.7. The molecule has 1 aliphatic rings. The van der Waals surface area contributed by atoms with Gasteiger partial charge in [-0.3, -0.25) is 10.1 Å². The van der Waals surface area contributed by atoms with Crippen molar-refractivity contribution in [2.45, 2.75) is 51.2 Å². The molecule has 1 saturated carbocycles. The van der Waals surface area contributed by atoms with Crippen LogP contribution in [-0.2, 0) is 0 Å². The predicted octanol–water partition coefficient (Wildman–Crippen LogP) is 4.15. The number of ether oxygens (including phenoxy) is 1. The molecule has 3 heterocycles. The molecule has 3 N–H and O–H groups in total. The molecule has 0 amide bonds. The number of hydrogen-bond acceptors (Lipinski definition) is 7. The third-order valence-electron chi connectivity index (χ3n) is 5.38. The third kappa shape index (κ3) is 5.38. The van der Waals surface area contributed by atoms with Gasteiger partial charge in [-0.1, -0.05) is 12.2 Å². The first-order chi connectivity index (χ1) is 15.1. The molecule has 0 spiro atoms. The van der Waals surface area contributed by atoms with Gasteiger partial charge in [-0.15, -0.1) is 0 Å². The maximum Gasteiger partial charge on any atom is 0.225 e. The molecule has 2 atom stereocenters. The maximum absolute atomic E-state index is 8.82. The van der Waals surface area contributed by atoms with Crippen molar-refractivity contribution in [2.75, 3.05) is 11.9 Å². The molecule has 0 bridgehead atoms. The molecular formula is C23H27N7O. The summed E-state index contributed by atoms with van der Waals surface area (Å²) in [5.74, 6) is 1.87. The van der Waals surface area contributed by atoms with Crippen LogP contribution in [0.25, 0.3) is 10.9 Å². The lowest BCUT2D eigenvalue weighted by atomic mass is 10.1. The number of pyridine rings is 2. The van der Waals surface area contributed by atoms with E-state index in [1.165, 1.54) is 5.57 Å². The molecule has 31 heavy (non-hydrogen) atoms. The van der Waals surface area contributed by atoms with Crippen LogP contribution in [0.2, 0.25) is 0 Å². The van der Waals surface area contributed by atoms with Crippen molar-refractivity contribution >= 4 is 22.5 Å². The first-order valence-corrected chi connectivity index (χ1v) is 10.6. The molecule has 1 aliphatic carbocycles. The van der Waals surface area contributed by atoms with Gasteiger partial charge in [0, 0.05) is 49.5 Å². The number of nitrogens with zero attached hydrogens (tertiary/aromatic N) is 4. The van der Waals surface area contributed by atoms with Gasteiger partial charge in [-0.2, -0.15) is 15.3 Å². The number of fused-ring (bicyclic) bond motifs is 1. The van der Waals surface area contributed by atoms with Crippen LogP contribution in [0.5, 0.6) is 5.88 Å². The zero-order chi connectivity index (χ0) is 21.6. The van der Waals surface area contributed by atoms with Crippen LogP contribution < -0.4 is 15.4 Å². The highest BCUT2D eigenvalue weighted by Crippen LogP contribution is 2.31. The number of nitriles is 1. The highest BCUT2D eigenvalue weighted by Gasteiger charge is 2.24. The Labute approximate surface area is 181 Å². The summed E-state index contributed by atoms with van der Waals surface area (Å²) < 4.78 is 6.45. The fourth-order valence-corrected chi connectivity index (χ4v) is 3.90. The van der Waals surface area contributed by atoms with E-state index in [0.29, 0.717) is 30.5 Å². The Morgan fingerprint density at radius 1 is 1.35 bits per heavy atom. The Kier molecular flexibility index (Phi) is 6.43. The smallest absolute Gasteiger partial charge is 0.225 e. The van der Waals surface area contributed by atoms with E-state index in [2.05, 4.69) is 38.5 Å². The second-order valence-electron chi connectivity index (χ2n) is 7.97. The summed E-state index contributed by atoms with van der Waals surface area (Å²) in [6.07, 6.45) is 5.80. The Morgan fingerprint density at radius 2 is 2.26 bits per heavy atom. The lowest BCUT2D eigenvalue weighted by Gasteiger charge is -2.22. The normalized spacial score (nSPS) is 19.0. The SMILES string of the molecule is C=C1CC[C@@H](NCCC#N)C[C@@H](Oc2nc(Nc3cc(C)[nH]n3)cc3ncccc23)C1. The van der Waals surface area contributed by atoms with Crippen LogP contribution in [0.4, 0.5) is 11.6 Å². The Hall–Kier alpha value is -3.44. The van der Waals surface area contributed by atoms with Crippen LogP contribution >= 0.6 is 0 Å². The van der Waals surface area contributed by atoms with E-state index in [1.807, 2.05) is 31.2 Å². The molecule has 0 radical (unpaired) electrons. The molecule has 160 valence electrons. The first kappa shape index (κ1) is 20.8. The van der Waals surface area contributed by atoms with Gasteiger partial charge in [-0.25, -0.2) is 0 Å². The van der Waals surface area contributed by atoms with Crippen molar-refractivity contribution in [2.24, 2.45) is 0 Å². The largest absolute Gasteiger partial charge is 0.473 e. The third-order valence-corrected chi connectivity index (χ3v) is 5.38. The molecular weight excluding hydrogens is 390 g/mol. The van der Waals surface area contributed by atoms with Crippen LogP contribution in [0, 0.1) is 18.3 Å².